The first-order valence-corrected chi connectivity index (χ1v) is 6.77. The van der Waals surface area contributed by atoms with E-state index in [4.69, 9.17) is 4.74 Å². The van der Waals surface area contributed by atoms with Crippen LogP contribution >= 0.6 is 0 Å². The van der Waals surface area contributed by atoms with Gasteiger partial charge in [0.2, 0.25) is 5.91 Å². The fourth-order valence-electron chi connectivity index (χ4n) is 3.10. The Morgan fingerprint density at radius 1 is 1.39 bits per heavy atom. The lowest BCUT2D eigenvalue weighted by atomic mass is 9.96. The van der Waals surface area contributed by atoms with Crippen LogP contribution in [0.5, 0.6) is 5.75 Å². The molecule has 0 bridgehead atoms. The van der Waals surface area contributed by atoms with Crippen molar-refractivity contribution in [2.45, 2.75) is 38.5 Å². The van der Waals surface area contributed by atoms with Crippen LogP contribution in [0, 0.1) is 0 Å². The summed E-state index contributed by atoms with van der Waals surface area (Å²) in [6.07, 6.45) is 4.47. The molecule has 1 heterocycles. The minimum atomic E-state index is 0.0607. The maximum absolute atomic E-state index is 10.9. The van der Waals surface area contributed by atoms with Crippen LogP contribution in [-0.2, 0) is 17.6 Å². The molecule has 18 heavy (non-hydrogen) atoms. The van der Waals surface area contributed by atoms with Crippen molar-refractivity contribution in [1.29, 1.82) is 0 Å². The third kappa shape index (κ3) is 2.09. The van der Waals surface area contributed by atoms with Gasteiger partial charge in [-0.3, -0.25) is 4.79 Å². The largest absolute Gasteiger partial charge is 0.493 e. The number of amides is 1. The number of rotatable bonds is 3. The summed E-state index contributed by atoms with van der Waals surface area (Å²) in [6, 6.07) is 4.57. The molecule has 0 unspecified atom stereocenters. The van der Waals surface area contributed by atoms with E-state index in [1.165, 1.54) is 29.5 Å². The summed E-state index contributed by atoms with van der Waals surface area (Å²) in [7, 11) is 0. The summed E-state index contributed by atoms with van der Waals surface area (Å²) >= 11 is 0. The molecule has 0 saturated carbocycles. The van der Waals surface area contributed by atoms with Gasteiger partial charge in [-0.15, -0.1) is 0 Å². The lowest BCUT2D eigenvalue weighted by Gasteiger charge is -2.12. The second-order valence-corrected chi connectivity index (χ2v) is 5.26. The SMILES string of the molecule is CC(=O)NCC[C@H]1CCc2cc3c(cc21)OCC3. The number of nitrogens with one attached hydrogen (secondary N) is 1. The summed E-state index contributed by atoms with van der Waals surface area (Å²) in [5.41, 5.74) is 4.31. The van der Waals surface area contributed by atoms with Crippen LogP contribution in [-0.4, -0.2) is 19.1 Å². The van der Waals surface area contributed by atoms with Crippen LogP contribution in [0.1, 0.15) is 42.4 Å². The van der Waals surface area contributed by atoms with Gasteiger partial charge in [-0.25, -0.2) is 0 Å². The topological polar surface area (TPSA) is 38.3 Å². The Hall–Kier alpha value is -1.51. The second-order valence-electron chi connectivity index (χ2n) is 5.26. The predicted molar refractivity (Wildman–Crippen MR) is 70.0 cm³/mol. The van der Waals surface area contributed by atoms with E-state index >= 15 is 0 Å². The van der Waals surface area contributed by atoms with Crippen molar-refractivity contribution in [1.82, 2.24) is 5.32 Å². The minimum absolute atomic E-state index is 0.0607. The van der Waals surface area contributed by atoms with E-state index in [0.717, 1.165) is 31.7 Å². The average Bonchev–Trinajstić information content (AvgIpc) is 2.92. The molecule has 0 aromatic heterocycles. The number of hydrogen-bond donors (Lipinski definition) is 1. The van der Waals surface area contributed by atoms with E-state index in [0.29, 0.717) is 5.92 Å². The van der Waals surface area contributed by atoms with Crippen LogP contribution in [0.15, 0.2) is 12.1 Å². The van der Waals surface area contributed by atoms with Gasteiger partial charge < -0.3 is 10.1 Å². The molecule has 1 aliphatic carbocycles. The molecule has 0 spiro atoms. The first-order chi connectivity index (χ1) is 8.74. The zero-order valence-corrected chi connectivity index (χ0v) is 10.8. The van der Waals surface area contributed by atoms with Gasteiger partial charge in [-0.05, 0) is 47.9 Å². The van der Waals surface area contributed by atoms with Crippen molar-refractivity contribution >= 4 is 5.91 Å². The Labute approximate surface area is 108 Å². The van der Waals surface area contributed by atoms with Crippen molar-refractivity contribution in [3.05, 3.63) is 28.8 Å². The highest BCUT2D eigenvalue weighted by Crippen LogP contribution is 2.40. The summed E-state index contributed by atoms with van der Waals surface area (Å²) in [6.45, 7) is 3.18. The highest BCUT2D eigenvalue weighted by molar-refractivity contribution is 5.72. The lowest BCUT2D eigenvalue weighted by Crippen LogP contribution is -2.22. The summed E-state index contributed by atoms with van der Waals surface area (Å²) in [4.78, 5) is 10.9. The second kappa shape index (κ2) is 4.63. The number of benzene rings is 1. The fourth-order valence-corrected chi connectivity index (χ4v) is 3.10. The molecule has 0 saturated heterocycles. The number of carbonyl (C=O) groups excluding carboxylic acids is 1. The van der Waals surface area contributed by atoms with Crippen molar-refractivity contribution in [2.75, 3.05) is 13.2 Å². The molecule has 0 fully saturated rings. The van der Waals surface area contributed by atoms with Gasteiger partial charge in [0, 0.05) is 19.9 Å². The Morgan fingerprint density at radius 3 is 3.11 bits per heavy atom. The molecule has 0 radical (unpaired) electrons. The van der Waals surface area contributed by atoms with Crippen LogP contribution in [0.3, 0.4) is 0 Å². The molecule has 1 aliphatic heterocycles. The molecule has 1 aromatic carbocycles. The molecular weight excluding hydrogens is 226 g/mol. The van der Waals surface area contributed by atoms with E-state index in [1.54, 1.807) is 6.92 Å². The average molecular weight is 245 g/mol. The maximum Gasteiger partial charge on any atom is 0.216 e. The molecule has 1 amide bonds. The van der Waals surface area contributed by atoms with Crippen molar-refractivity contribution in [3.63, 3.8) is 0 Å². The van der Waals surface area contributed by atoms with Crippen LogP contribution in [0.2, 0.25) is 0 Å². The smallest absolute Gasteiger partial charge is 0.216 e. The molecule has 3 rings (SSSR count). The number of carbonyl (C=O) groups is 1. The van der Waals surface area contributed by atoms with Crippen molar-refractivity contribution in [2.24, 2.45) is 0 Å². The molecule has 1 N–H and O–H groups in total. The maximum atomic E-state index is 10.9. The molecule has 1 aromatic rings. The Bertz CT molecular complexity index is 482. The monoisotopic (exact) mass is 245 g/mol. The highest BCUT2D eigenvalue weighted by atomic mass is 16.5. The van der Waals surface area contributed by atoms with Gasteiger partial charge in [-0.2, -0.15) is 0 Å². The summed E-state index contributed by atoms with van der Waals surface area (Å²) in [5.74, 6) is 1.73. The number of aryl methyl sites for hydroxylation is 1. The van der Waals surface area contributed by atoms with Crippen LogP contribution in [0.25, 0.3) is 0 Å². The third-order valence-corrected chi connectivity index (χ3v) is 4.02. The molecule has 1 atom stereocenters. The van der Waals surface area contributed by atoms with Gasteiger partial charge in [0.25, 0.3) is 0 Å². The molecule has 3 nitrogen and oxygen atoms in total. The fraction of sp³-hybridized carbons (Fsp3) is 0.533. The highest BCUT2D eigenvalue weighted by Gasteiger charge is 2.25. The van der Waals surface area contributed by atoms with Gasteiger partial charge >= 0.3 is 0 Å². The molecule has 2 aliphatic rings. The molecule has 3 heteroatoms. The summed E-state index contributed by atoms with van der Waals surface area (Å²) in [5, 5.41) is 2.89. The van der Waals surface area contributed by atoms with E-state index < -0.39 is 0 Å². The zero-order chi connectivity index (χ0) is 12.5. The normalized spacial score (nSPS) is 20.2. The van der Waals surface area contributed by atoms with Gasteiger partial charge in [-0.1, -0.05) is 6.07 Å². The van der Waals surface area contributed by atoms with E-state index in [9.17, 15) is 4.79 Å². The quantitative estimate of drug-likeness (QED) is 0.886. The standard InChI is InChI=1S/C15H19NO2/c1-10(17)16-6-4-11-2-3-12-8-13-5-7-18-15(13)9-14(11)12/h8-9,11H,2-7H2,1H3,(H,16,17)/t11-/m1/s1. The van der Waals surface area contributed by atoms with Crippen molar-refractivity contribution < 1.29 is 9.53 Å². The Balaban J connectivity index is 1.73. The minimum Gasteiger partial charge on any atom is -0.493 e. The Morgan fingerprint density at radius 2 is 2.28 bits per heavy atom. The molecule has 96 valence electrons. The predicted octanol–water partition coefficient (Wildman–Crippen LogP) is 2.18. The lowest BCUT2D eigenvalue weighted by molar-refractivity contribution is -0.118. The van der Waals surface area contributed by atoms with Crippen LogP contribution in [0.4, 0.5) is 0 Å². The van der Waals surface area contributed by atoms with E-state index in [1.807, 2.05) is 0 Å². The summed E-state index contributed by atoms with van der Waals surface area (Å²) < 4.78 is 5.65. The first kappa shape index (κ1) is 11.6. The number of hydrogen-bond acceptors (Lipinski definition) is 2. The number of fused-ring (bicyclic) bond motifs is 2. The van der Waals surface area contributed by atoms with E-state index in [-0.39, 0.29) is 5.91 Å². The van der Waals surface area contributed by atoms with E-state index in [2.05, 4.69) is 17.4 Å². The van der Waals surface area contributed by atoms with Gasteiger partial charge in [0.05, 0.1) is 6.61 Å². The molecular formula is C15H19NO2. The first-order valence-electron chi connectivity index (χ1n) is 6.77. The van der Waals surface area contributed by atoms with Crippen LogP contribution < -0.4 is 10.1 Å². The zero-order valence-electron chi connectivity index (χ0n) is 10.8. The van der Waals surface area contributed by atoms with Gasteiger partial charge in [0.1, 0.15) is 5.75 Å². The van der Waals surface area contributed by atoms with Gasteiger partial charge in [0.15, 0.2) is 0 Å². The number of ether oxygens (including phenoxy) is 1. The Kier molecular flexibility index (Phi) is 2.98. The van der Waals surface area contributed by atoms with Crippen molar-refractivity contribution in [3.8, 4) is 5.75 Å². The third-order valence-electron chi connectivity index (χ3n) is 4.02.